The van der Waals surface area contributed by atoms with Crippen LogP contribution in [0, 0.1) is 0 Å². The molecule has 0 saturated heterocycles. The monoisotopic (exact) mass is 316 g/mol. The first-order chi connectivity index (χ1) is 9.83. The molecule has 1 fully saturated rings. The Morgan fingerprint density at radius 3 is 2.75 bits per heavy atom. The van der Waals surface area contributed by atoms with Crippen LogP contribution in [0.4, 0.5) is 0 Å². The van der Waals surface area contributed by atoms with Gasteiger partial charge in [0, 0.05) is 24.4 Å². The fourth-order valence-electron chi connectivity index (χ4n) is 3.01. The molecule has 1 aliphatic rings. The maximum absolute atomic E-state index is 9.25. The summed E-state index contributed by atoms with van der Waals surface area (Å²) in [7, 11) is 0. The summed E-state index contributed by atoms with van der Waals surface area (Å²) < 4.78 is 0. The average Bonchev–Trinajstić information content (AvgIpc) is 2.95. The van der Waals surface area contributed by atoms with Gasteiger partial charge >= 0.3 is 0 Å². The van der Waals surface area contributed by atoms with Crippen molar-refractivity contribution in [2.45, 2.75) is 56.9 Å². The van der Waals surface area contributed by atoms with Crippen LogP contribution in [0.15, 0.2) is 5.38 Å². The molecule has 1 aliphatic carbocycles. The van der Waals surface area contributed by atoms with Crippen LogP contribution >= 0.6 is 22.9 Å². The van der Waals surface area contributed by atoms with Crippen molar-refractivity contribution < 1.29 is 5.11 Å². The zero-order valence-electron chi connectivity index (χ0n) is 12.1. The van der Waals surface area contributed by atoms with E-state index < -0.39 is 0 Å². The first kappa shape index (κ1) is 16.2. The Bertz CT molecular complexity index is 380. The van der Waals surface area contributed by atoms with Crippen molar-refractivity contribution in [3.63, 3.8) is 0 Å². The molecule has 1 N–H and O–H groups in total. The van der Waals surface area contributed by atoms with Crippen LogP contribution in [0.2, 0.25) is 0 Å². The Morgan fingerprint density at radius 2 is 2.10 bits per heavy atom. The molecule has 2 rings (SSSR count). The number of aryl methyl sites for hydroxylation is 1. The van der Waals surface area contributed by atoms with E-state index in [0.717, 1.165) is 31.6 Å². The smallest absolute Gasteiger partial charge is 0.0929 e. The van der Waals surface area contributed by atoms with Gasteiger partial charge in [0.2, 0.25) is 0 Å². The Hall–Kier alpha value is -0.160. The maximum atomic E-state index is 9.25. The maximum Gasteiger partial charge on any atom is 0.0929 e. The van der Waals surface area contributed by atoms with Gasteiger partial charge in [-0.3, -0.25) is 4.90 Å². The molecule has 0 radical (unpaired) electrons. The number of hydrogen-bond donors (Lipinski definition) is 1. The van der Waals surface area contributed by atoms with E-state index in [9.17, 15) is 5.11 Å². The second kappa shape index (κ2) is 8.98. The molecule has 1 heterocycles. The third-order valence-electron chi connectivity index (χ3n) is 4.05. The first-order valence-electron chi connectivity index (χ1n) is 7.67. The molecule has 3 nitrogen and oxygen atoms in total. The number of halogens is 1. The van der Waals surface area contributed by atoms with E-state index in [4.69, 9.17) is 11.6 Å². The molecule has 0 amide bonds. The van der Waals surface area contributed by atoms with Crippen LogP contribution in [0.25, 0.3) is 0 Å². The van der Waals surface area contributed by atoms with Gasteiger partial charge in [0.25, 0.3) is 0 Å². The van der Waals surface area contributed by atoms with Crippen LogP contribution < -0.4 is 0 Å². The SMILES string of the molecule is OCCN(CCCc1nc(CCl)cs1)C1CCCCC1. The Labute approximate surface area is 131 Å². The zero-order chi connectivity index (χ0) is 14.2. The minimum atomic E-state index is 0.268. The molecule has 114 valence electrons. The van der Waals surface area contributed by atoms with Gasteiger partial charge in [-0.1, -0.05) is 19.3 Å². The summed E-state index contributed by atoms with van der Waals surface area (Å²) in [6.07, 6.45) is 8.81. The van der Waals surface area contributed by atoms with Gasteiger partial charge in [0.05, 0.1) is 23.2 Å². The van der Waals surface area contributed by atoms with Crippen molar-refractivity contribution >= 4 is 22.9 Å². The van der Waals surface area contributed by atoms with Crippen LogP contribution in [0.3, 0.4) is 0 Å². The van der Waals surface area contributed by atoms with Gasteiger partial charge in [0.15, 0.2) is 0 Å². The van der Waals surface area contributed by atoms with Crippen LogP contribution in [-0.4, -0.2) is 40.7 Å². The molecule has 0 atom stereocenters. The van der Waals surface area contributed by atoms with Crippen molar-refractivity contribution in [1.82, 2.24) is 9.88 Å². The van der Waals surface area contributed by atoms with Crippen molar-refractivity contribution in [2.75, 3.05) is 19.7 Å². The molecule has 0 bridgehead atoms. The fraction of sp³-hybridized carbons (Fsp3) is 0.800. The number of rotatable bonds is 8. The van der Waals surface area contributed by atoms with Gasteiger partial charge in [-0.2, -0.15) is 0 Å². The van der Waals surface area contributed by atoms with Crippen LogP contribution in [-0.2, 0) is 12.3 Å². The molecular weight excluding hydrogens is 292 g/mol. The molecule has 0 spiro atoms. The number of aromatic nitrogens is 1. The zero-order valence-corrected chi connectivity index (χ0v) is 13.6. The number of hydrogen-bond acceptors (Lipinski definition) is 4. The molecule has 0 unspecified atom stereocenters. The summed E-state index contributed by atoms with van der Waals surface area (Å²) in [5, 5.41) is 12.5. The molecule has 0 aliphatic heterocycles. The van der Waals surface area contributed by atoms with E-state index in [-0.39, 0.29) is 6.61 Å². The molecule has 20 heavy (non-hydrogen) atoms. The third kappa shape index (κ3) is 4.99. The number of alkyl halides is 1. The van der Waals surface area contributed by atoms with Gasteiger partial charge in [-0.15, -0.1) is 22.9 Å². The van der Waals surface area contributed by atoms with Gasteiger partial charge < -0.3 is 5.11 Å². The Kier molecular flexibility index (Phi) is 7.28. The van der Waals surface area contributed by atoms with Crippen LogP contribution in [0.5, 0.6) is 0 Å². The van der Waals surface area contributed by atoms with E-state index in [1.54, 1.807) is 11.3 Å². The number of nitrogens with zero attached hydrogens (tertiary/aromatic N) is 2. The minimum Gasteiger partial charge on any atom is -0.395 e. The Balaban J connectivity index is 1.76. The summed E-state index contributed by atoms with van der Waals surface area (Å²) in [6, 6.07) is 0.686. The summed E-state index contributed by atoms with van der Waals surface area (Å²) in [5.74, 6) is 0.509. The standard InChI is InChI=1S/C15H25ClN2OS/c16-11-13-12-20-15(17-13)7-4-8-18(9-10-19)14-5-2-1-3-6-14/h12,14,19H,1-11H2. The molecule has 1 aromatic heterocycles. The highest BCUT2D eigenvalue weighted by atomic mass is 35.5. The summed E-state index contributed by atoms with van der Waals surface area (Å²) in [6.45, 7) is 2.15. The van der Waals surface area contributed by atoms with Gasteiger partial charge in [-0.25, -0.2) is 4.98 Å². The molecular formula is C15H25ClN2OS. The van der Waals surface area contributed by atoms with E-state index in [2.05, 4.69) is 15.3 Å². The van der Waals surface area contributed by atoms with E-state index in [0.29, 0.717) is 11.9 Å². The fourth-order valence-corrected chi connectivity index (χ4v) is 4.08. The lowest BCUT2D eigenvalue weighted by Crippen LogP contribution is -2.39. The highest BCUT2D eigenvalue weighted by Gasteiger charge is 2.20. The lowest BCUT2D eigenvalue weighted by molar-refractivity contribution is 0.123. The predicted molar refractivity (Wildman–Crippen MR) is 85.5 cm³/mol. The highest BCUT2D eigenvalue weighted by molar-refractivity contribution is 7.09. The molecule has 1 saturated carbocycles. The molecule has 0 aromatic carbocycles. The number of aliphatic hydroxyl groups is 1. The van der Waals surface area contributed by atoms with Crippen molar-refractivity contribution in [3.8, 4) is 0 Å². The van der Waals surface area contributed by atoms with E-state index in [1.165, 1.54) is 37.1 Å². The molecule has 5 heteroatoms. The van der Waals surface area contributed by atoms with Gasteiger partial charge in [0.1, 0.15) is 0 Å². The number of thiazole rings is 1. The second-order valence-corrected chi connectivity index (χ2v) is 6.73. The topological polar surface area (TPSA) is 36.4 Å². The second-order valence-electron chi connectivity index (χ2n) is 5.52. The summed E-state index contributed by atoms with van der Waals surface area (Å²) >= 11 is 7.49. The summed E-state index contributed by atoms with van der Waals surface area (Å²) in [4.78, 5) is 6.98. The average molecular weight is 317 g/mol. The van der Waals surface area contributed by atoms with E-state index in [1.807, 2.05) is 0 Å². The highest BCUT2D eigenvalue weighted by Crippen LogP contribution is 2.23. The summed E-state index contributed by atoms with van der Waals surface area (Å²) in [5.41, 5.74) is 0.992. The quantitative estimate of drug-likeness (QED) is 0.746. The van der Waals surface area contributed by atoms with Crippen molar-refractivity contribution in [2.24, 2.45) is 0 Å². The lowest BCUT2D eigenvalue weighted by atomic mass is 9.94. The minimum absolute atomic E-state index is 0.268. The Morgan fingerprint density at radius 1 is 1.30 bits per heavy atom. The molecule has 1 aromatic rings. The van der Waals surface area contributed by atoms with Gasteiger partial charge in [-0.05, 0) is 25.8 Å². The normalized spacial score (nSPS) is 16.9. The van der Waals surface area contributed by atoms with Crippen LogP contribution in [0.1, 0.15) is 49.2 Å². The predicted octanol–water partition coefficient (Wildman–Crippen LogP) is 3.44. The van der Waals surface area contributed by atoms with Crippen molar-refractivity contribution in [3.05, 3.63) is 16.1 Å². The lowest BCUT2D eigenvalue weighted by Gasteiger charge is -2.33. The number of aliphatic hydroxyl groups excluding tert-OH is 1. The first-order valence-corrected chi connectivity index (χ1v) is 9.09. The van der Waals surface area contributed by atoms with E-state index >= 15 is 0 Å². The van der Waals surface area contributed by atoms with Crippen molar-refractivity contribution in [1.29, 1.82) is 0 Å². The third-order valence-corrected chi connectivity index (χ3v) is 5.28. The largest absolute Gasteiger partial charge is 0.395 e.